The zero-order chi connectivity index (χ0) is 23.9. The van der Waals surface area contributed by atoms with Crippen molar-refractivity contribution in [2.24, 2.45) is 0 Å². The Hall–Kier alpha value is -4.59. The summed E-state index contributed by atoms with van der Waals surface area (Å²) in [5, 5.41) is 12.8. The number of nitrogens with one attached hydrogen (secondary N) is 3. The molecule has 172 valence electrons. The Bertz CT molecular complexity index is 1670. The van der Waals surface area contributed by atoms with Gasteiger partial charge in [-0.3, -0.25) is 15.1 Å². The molecular weight excluding hydrogens is 441 g/mol. The van der Waals surface area contributed by atoms with Crippen molar-refractivity contribution in [2.45, 2.75) is 19.9 Å². The number of rotatable bonds is 5. The van der Waals surface area contributed by atoms with Crippen LogP contribution in [0.25, 0.3) is 55.7 Å². The van der Waals surface area contributed by atoms with Gasteiger partial charge < -0.3 is 10.3 Å². The van der Waals surface area contributed by atoms with E-state index in [0.29, 0.717) is 11.7 Å². The van der Waals surface area contributed by atoms with Crippen LogP contribution in [0.15, 0.2) is 73.3 Å². The van der Waals surface area contributed by atoms with E-state index in [9.17, 15) is 4.39 Å². The number of pyridine rings is 3. The number of nitrogens with zero attached hydrogens (tertiary/aromatic N) is 4. The Labute approximate surface area is 200 Å². The molecule has 0 fully saturated rings. The molecule has 0 amide bonds. The minimum absolute atomic E-state index is 0.274. The molecule has 0 saturated carbocycles. The second-order valence-corrected chi connectivity index (χ2v) is 8.77. The molecule has 0 spiro atoms. The summed E-state index contributed by atoms with van der Waals surface area (Å²) in [6, 6.07) is 14.8. The van der Waals surface area contributed by atoms with Crippen LogP contribution in [0.2, 0.25) is 0 Å². The number of fused-ring (bicyclic) bond motifs is 2. The number of hydrogen-bond acceptors (Lipinski definition) is 5. The summed E-state index contributed by atoms with van der Waals surface area (Å²) in [6.45, 7) is 4.19. The van der Waals surface area contributed by atoms with E-state index in [1.165, 1.54) is 12.1 Å². The monoisotopic (exact) mass is 463 g/mol. The van der Waals surface area contributed by atoms with Gasteiger partial charge in [0.25, 0.3) is 0 Å². The minimum Gasteiger partial charge on any atom is -0.382 e. The molecule has 0 aliphatic heterocycles. The van der Waals surface area contributed by atoms with Gasteiger partial charge in [-0.25, -0.2) is 9.37 Å². The van der Waals surface area contributed by atoms with E-state index in [1.54, 1.807) is 18.3 Å². The summed E-state index contributed by atoms with van der Waals surface area (Å²) < 4.78 is 13.4. The normalized spacial score (nSPS) is 11.5. The molecule has 0 unspecified atom stereocenters. The lowest BCUT2D eigenvalue weighted by molar-refractivity contribution is 0.628. The van der Waals surface area contributed by atoms with E-state index in [1.807, 2.05) is 30.7 Å². The molecule has 8 heteroatoms. The first-order valence-corrected chi connectivity index (χ1v) is 11.4. The zero-order valence-corrected chi connectivity index (χ0v) is 19.2. The number of aromatic nitrogens is 6. The number of aromatic amines is 2. The van der Waals surface area contributed by atoms with Crippen molar-refractivity contribution in [3.05, 3.63) is 79.1 Å². The number of H-pyrrole nitrogens is 2. The molecule has 0 aliphatic carbocycles. The maximum atomic E-state index is 13.4. The fourth-order valence-corrected chi connectivity index (χ4v) is 4.30. The predicted molar refractivity (Wildman–Crippen MR) is 136 cm³/mol. The van der Waals surface area contributed by atoms with Gasteiger partial charge >= 0.3 is 0 Å². The number of benzene rings is 1. The minimum atomic E-state index is -0.274. The SMILES string of the molecule is CC(C)Nc1cncc(-c2cnc3n[nH]c(-c4cc5c(-c6ccc(F)cc6)nccc5[nH]4)c3c2)c1. The van der Waals surface area contributed by atoms with Crippen LogP contribution in [0.1, 0.15) is 13.8 Å². The van der Waals surface area contributed by atoms with E-state index in [0.717, 1.165) is 55.7 Å². The van der Waals surface area contributed by atoms with E-state index in [2.05, 4.69) is 61.4 Å². The standard InChI is InChI=1S/C27H22FN7/c1-15(2)32-20-9-17(12-29-14-20)18-10-22-26(34-35-27(22)31-13-18)24-11-21-23(33-24)7-8-30-25(21)16-3-5-19(28)6-4-16/h3-15,32-33H,1-2H3,(H,31,34,35). The Balaban J connectivity index is 1.44. The molecule has 5 aromatic heterocycles. The summed E-state index contributed by atoms with van der Waals surface area (Å²) in [4.78, 5) is 17.0. The van der Waals surface area contributed by atoms with Crippen molar-refractivity contribution in [1.82, 2.24) is 30.1 Å². The quantitative estimate of drug-likeness (QED) is 0.283. The van der Waals surface area contributed by atoms with Crippen LogP contribution < -0.4 is 5.32 Å². The molecule has 35 heavy (non-hydrogen) atoms. The Morgan fingerprint density at radius 2 is 1.69 bits per heavy atom. The number of halogens is 1. The van der Waals surface area contributed by atoms with Gasteiger partial charge in [-0.1, -0.05) is 0 Å². The van der Waals surface area contributed by atoms with Crippen molar-refractivity contribution in [2.75, 3.05) is 5.32 Å². The predicted octanol–water partition coefficient (Wildman–Crippen LogP) is 6.19. The molecule has 3 N–H and O–H groups in total. The fraction of sp³-hybridized carbons (Fsp3) is 0.111. The average Bonchev–Trinajstić information content (AvgIpc) is 3.48. The van der Waals surface area contributed by atoms with Gasteiger partial charge in [0, 0.05) is 63.8 Å². The summed E-state index contributed by atoms with van der Waals surface area (Å²) >= 11 is 0. The van der Waals surface area contributed by atoms with Crippen LogP contribution in [-0.4, -0.2) is 36.2 Å². The highest BCUT2D eigenvalue weighted by atomic mass is 19.1. The average molecular weight is 464 g/mol. The van der Waals surface area contributed by atoms with E-state index >= 15 is 0 Å². The molecular formula is C27H22FN7. The number of anilines is 1. The van der Waals surface area contributed by atoms with E-state index < -0.39 is 0 Å². The molecule has 6 rings (SSSR count). The molecule has 0 atom stereocenters. The summed E-state index contributed by atoms with van der Waals surface area (Å²) in [5.74, 6) is -0.274. The molecule has 7 nitrogen and oxygen atoms in total. The fourth-order valence-electron chi connectivity index (χ4n) is 4.30. The van der Waals surface area contributed by atoms with E-state index in [4.69, 9.17) is 0 Å². The third-order valence-electron chi connectivity index (χ3n) is 5.87. The zero-order valence-electron chi connectivity index (χ0n) is 19.2. The maximum Gasteiger partial charge on any atom is 0.181 e. The van der Waals surface area contributed by atoms with Gasteiger partial charge in [0.15, 0.2) is 5.65 Å². The van der Waals surface area contributed by atoms with Gasteiger partial charge in [0.1, 0.15) is 5.82 Å². The van der Waals surface area contributed by atoms with Crippen molar-refractivity contribution in [3.63, 3.8) is 0 Å². The second-order valence-electron chi connectivity index (χ2n) is 8.77. The molecule has 6 aromatic rings. The smallest absolute Gasteiger partial charge is 0.181 e. The highest BCUT2D eigenvalue weighted by Gasteiger charge is 2.15. The van der Waals surface area contributed by atoms with Gasteiger partial charge in [0.05, 0.1) is 22.8 Å². The lowest BCUT2D eigenvalue weighted by Gasteiger charge is -2.10. The summed E-state index contributed by atoms with van der Waals surface area (Å²) in [5.41, 5.74) is 7.77. The highest BCUT2D eigenvalue weighted by molar-refractivity contribution is 6.00. The topological polar surface area (TPSA) is 95.2 Å². The highest BCUT2D eigenvalue weighted by Crippen LogP contribution is 2.34. The van der Waals surface area contributed by atoms with Crippen LogP contribution in [0.3, 0.4) is 0 Å². The Morgan fingerprint density at radius 3 is 2.51 bits per heavy atom. The van der Waals surface area contributed by atoms with Gasteiger partial charge in [-0.05, 0) is 62.4 Å². The van der Waals surface area contributed by atoms with Gasteiger partial charge in [-0.15, -0.1) is 0 Å². The molecule has 0 radical (unpaired) electrons. The molecule has 1 aromatic carbocycles. The largest absolute Gasteiger partial charge is 0.382 e. The van der Waals surface area contributed by atoms with Gasteiger partial charge in [0.2, 0.25) is 0 Å². The van der Waals surface area contributed by atoms with E-state index in [-0.39, 0.29) is 5.82 Å². The van der Waals surface area contributed by atoms with Crippen molar-refractivity contribution in [1.29, 1.82) is 0 Å². The third-order valence-corrected chi connectivity index (χ3v) is 5.87. The van der Waals surface area contributed by atoms with Crippen LogP contribution in [-0.2, 0) is 0 Å². The van der Waals surface area contributed by atoms with Crippen molar-refractivity contribution >= 4 is 27.6 Å². The van der Waals surface area contributed by atoms with Crippen LogP contribution >= 0.6 is 0 Å². The van der Waals surface area contributed by atoms with Crippen LogP contribution in [0.4, 0.5) is 10.1 Å². The number of hydrogen-bond donors (Lipinski definition) is 3. The Morgan fingerprint density at radius 1 is 0.857 bits per heavy atom. The summed E-state index contributed by atoms with van der Waals surface area (Å²) in [7, 11) is 0. The lowest BCUT2D eigenvalue weighted by Crippen LogP contribution is -2.09. The van der Waals surface area contributed by atoms with Crippen molar-refractivity contribution < 1.29 is 4.39 Å². The molecule has 0 bridgehead atoms. The third kappa shape index (κ3) is 3.89. The second kappa shape index (κ2) is 8.32. The lowest BCUT2D eigenvalue weighted by atomic mass is 10.1. The van der Waals surface area contributed by atoms with Gasteiger partial charge in [-0.2, -0.15) is 5.10 Å². The first kappa shape index (κ1) is 21.0. The molecule has 5 heterocycles. The van der Waals surface area contributed by atoms with Crippen LogP contribution in [0.5, 0.6) is 0 Å². The van der Waals surface area contributed by atoms with Crippen LogP contribution in [0, 0.1) is 5.82 Å². The first-order valence-electron chi connectivity index (χ1n) is 11.4. The maximum absolute atomic E-state index is 13.4. The summed E-state index contributed by atoms with van der Waals surface area (Å²) in [6.07, 6.45) is 7.20. The molecule has 0 aliphatic rings. The Kier molecular flexibility index (Phi) is 4.99. The molecule has 0 saturated heterocycles. The first-order chi connectivity index (χ1) is 17.0. The van der Waals surface area contributed by atoms with Crippen molar-refractivity contribution in [3.8, 4) is 33.8 Å².